The lowest BCUT2D eigenvalue weighted by Gasteiger charge is -2.27. The van der Waals surface area contributed by atoms with E-state index in [0.717, 1.165) is 6.42 Å². The van der Waals surface area contributed by atoms with Crippen LogP contribution < -0.4 is 5.32 Å². The van der Waals surface area contributed by atoms with Gasteiger partial charge in [0.25, 0.3) is 0 Å². The van der Waals surface area contributed by atoms with Gasteiger partial charge in [-0.15, -0.1) is 0 Å². The molecule has 0 saturated carbocycles. The summed E-state index contributed by atoms with van der Waals surface area (Å²) >= 11 is 5.62. The van der Waals surface area contributed by atoms with E-state index in [2.05, 4.69) is 11.9 Å². The van der Waals surface area contributed by atoms with Crippen LogP contribution in [-0.2, 0) is 9.53 Å². The Kier molecular flexibility index (Phi) is 5.81. The van der Waals surface area contributed by atoms with Gasteiger partial charge in [0, 0.05) is 11.6 Å². The third-order valence-corrected chi connectivity index (χ3v) is 2.19. The Morgan fingerprint density at radius 3 is 2.57 bits per heavy atom. The van der Waals surface area contributed by atoms with Gasteiger partial charge in [-0.1, -0.05) is 31.5 Å². The summed E-state index contributed by atoms with van der Waals surface area (Å²) < 4.78 is 4.73. The van der Waals surface area contributed by atoms with Crippen LogP contribution in [0.15, 0.2) is 11.6 Å². The molecule has 0 fully saturated rings. The third kappa shape index (κ3) is 4.11. The van der Waals surface area contributed by atoms with Crippen molar-refractivity contribution in [2.24, 2.45) is 0 Å². The summed E-state index contributed by atoms with van der Waals surface area (Å²) in [7, 11) is 1.38. The highest BCUT2D eigenvalue weighted by Gasteiger charge is 2.32. The molecule has 14 heavy (non-hydrogen) atoms. The lowest BCUT2D eigenvalue weighted by atomic mass is 9.96. The lowest BCUT2D eigenvalue weighted by molar-refractivity contribution is -0.148. The summed E-state index contributed by atoms with van der Waals surface area (Å²) in [6.07, 6.45) is 1.61. The summed E-state index contributed by atoms with van der Waals surface area (Å²) in [4.78, 5) is 11.5. The standard InChI is InChI=1S/C10H18ClNO2/c1-5-6-10(3,9(13)14-4)12-7-8(2)11/h12H,2,5-7H2,1,3-4H3/t10-/m1/s1. The zero-order chi connectivity index (χ0) is 11.2. The summed E-state index contributed by atoms with van der Waals surface area (Å²) in [6, 6.07) is 0. The van der Waals surface area contributed by atoms with Crippen LogP contribution in [0, 0.1) is 0 Å². The minimum atomic E-state index is -0.665. The van der Waals surface area contributed by atoms with E-state index in [1.165, 1.54) is 7.11 Å². The van der Waals surface area contributed by atoms with Gasteiger partial charge in [0.1, 0.15) is 5.54 Å². The Hall–Kier alpha value is -0.540. The van der Waals surface area contributed by atoms with Crippen LogP contribution in [0.5, 0.6) is 0 Å². The Morgan fingerprint density at radius 2 is 2.21 bits per heavy atom. The van der Waals surface area contributed by atoms with E-state index >= 15 is 0 Å². The van der Waals surface area contributed by atoms with Crippen LogP contribution in [-0.4, -0.2) is 25.2 Å². The number of nitrogens with one attached hydrogen (secondary N) is 1. The summed E-state index contributed by atoms with van der Waals surface area (Å²) in [5.74, 6) is -0.266. The Balaban J connectivity index is 4.38. The molecule has 0 heterocycles. The predicted molar refractivity (Wildman–Crippen MR) is 58.3 cm³/mol. The molecule has 0 rings (SSSR count). The first-order valence-corrected chi connectivity index (χ1v) is 5.00. The van der Waals surface area contributed by atoms with Crippen LogP contribution >= 0.6 is 11.6 Å². The molecule has 0 radical (unpaired) electrons. The van der Waals surface area contributed by atoms with Crippen LogP contribution in [0.1, 0.15) is 26.7 Å². The van der Waals surface area contributed by atoms with Crippen molar-refractivity contribution in [2.75, 3.05) is 13.7 Å². The molecule has 0 aliphatic rings. The number of esters is 1. The first-order valence-electron chi connectivity index (χ1n) is 4.63. The highest BCUT2D eigenvalue weighted by Crippen LogP contribution is 2.14. The smallest absolute Gasteiger partial charge is 0.325 e. The second kappa shape index (κ2) is 6.04. The van der Waals surface area contributed by atoms with Gasteiger partial charge in [-0.25, -0.2) is 0 Å². The molecular formula is C10H18ClNO2. The molecule has 0 amide bonds. The van der Waals surface area contributed by atoms with Gasteiger partial charge >= 0.3 is 5.97 Å². The van der Waals surface area contributed by atoms with Gasteiger partial charge in [-0.2, -0.15) is 0 Å². The fourth-order valence-electron chi connectivity index (χ4n) is 1.28. The van der Waals surface area contributed by atoms with Crippen LogP contribution in [0.3, 0.4) is 0 Å². The topological polar surface area (TPSA) is 38.3 Å². The van der Waals surface area contributed by atoms with Crippen molar-refractivity contribution in [3.63, 3.8) is 0 Å². The lowest BCUT2D eigenvalue weighted by Crippen LogP contribution is -2.50. The fourth-order valence-corrected chi connectivity index (χ4v) is 1.35. The van der Waals surface area contributed by atoms with Gasteiger partial charge in [-0.05, 0) is 13.3 Å². The van der Waals surface area contributed by atoms with Crippen molar-refractivity contribution in [2.45, 2.75) is 32.2 Å². The van der Waals surface area contributed by atoms with Gasteiger partial charge in [0.15, 0.2) is 0 Å². The van der Waals surface area contributed by atoms with Crippen molar-refractivity contribution in [1.29, 1.82) is 0 Å². The summed E-state index contributed by atoms with van der Waals surface area (Å²) in [5.41, 5.74) is -0.665. The van der Waals surface area contributed by atoms with E-state index in [0.29, 0.717) is 18.0 Å². The highest BCUT2D eigenvalue weighted by molar-refractivity contribution is 6.29. The molecule has 1 N–H and O–H groups in total. The van der Waals surface area contributed by atoms with E-state index in [9.17, 15) is 4.79 Å². The maximum atomic E-state index is 11.5. The number of methoxy groups -OCH3 is 1. The van der Waals surface area contributed by atoms with E-state index in [1.807, 2.05) is 13.8 Å². The maximum Gasteiger partial charge on any atom is 0.325 e. The minimum Gasteiger partial charge on any atom is -0.468 e. The SMILES string of the molecule is C=C(Cl)CN[C@](C)(CCC)C(=O)OC. The average Bonchev–Trinajstić information content (AvgIpc) is 2.14. The normalized spacial score (nSPS) is 14.6. The minimum absolute atomic E-state index is 0.266. The highest BCUT2D eigenvalue weighted by atomic mass is 35.5. The maximum absolute atomic E-state index is 11.5. The second-order valence-electron chi connectivity index (χ2n) is 3.44. The fraction of sp³-hybridized carbons (Fsp3) is 0.700. The zero-order valence-corrected chi connectivity index (χ0v) is 9.78. The summed E-state index contributed by atoms with van der Waals surface area (Å²) in [5, 5.41) is 3.52. The quantitative estimate of drug-likeness (QED) is 0.695. The van der Waals surface area contributed by atoms with Gasteiger partial charge in [-0.3, -0.25) is 10.1 Å². The number of rotatable bonds is 6. The van der Waals surface area contributed by atoms with Crippen LogP contribution in [0.4, 0.5) is 0 Å². The van der Waals surface area contributed by atoms with E-state index in [1.54, 1.807) is 0 Å². The van der Waals surface area contributed by atoms with E-state index in [-0.39, 0.29) is 5.97 Å². The molecule has 0 unspecified atom stereocenters. The molecule has 4 heteroatoms. The number of hydrogen-bond donors (Lipinski definition) is 1. The molecule has 0 bridgehead atoms. The van der Waals surface area contributed by atoms with Crippen LogP contribution in [0.25, 0.3) is 0 Å². The first kappa shape index (κ1) is 13.5. The number of carbonyl (C=O) groups is 1. The molecule has 0 aromatic rings. The van der Waals surface area contributed by atoms with E-state index < -0.39 is 5.54 Å². The third-order valence-electron chi connectivity index (χ3n) is 2.06. The average molecular weight is 220 g/mol. The summed E-state index contributed by atoms with van der Waals surface area (Å²) in [6.45, 7) is 7.78. The van der Waals surface area contributed by atoms with Crippen LogP contribution in [0.2, 0.25) is 0 Å². The Bertz CT molecular complexity index is 218. The van der Waals surface area contributed by atoms with Crippen molar-refractivity contribution >= 4 is 17.6 Å². The first-order chi connectivity index (χ1) is 6.46. The molecule has 0 aromatic heterocycles. The Morgan fingerprint density at radius 1 is 1.64 bits per heavy atom. The molecule has 0 aliphatic heterocycles. The van der Waals surface area contributed by atoms with Crippen molar-refractivity contribution in [3.05, 3.63) is 11.6 Å². The number of hydrogen-bond acceptors (Lipinski definition) is 3. The molecule has 0 saturated heterocycles. The van der Waals surface area contributed by atoms with Gasteiger partial charge in [0.2, 0.25) is 0 Å². The van der Waals surface area contributed by atoms with Gasteiger partial charge < -0.3 is 4.74 Å². The Labute approximate surface area is 90.5 Å². The van der Waals surface area contributed by atoms with Gasteiger partial charge in [0.05, 0.1) is 7.11 Å². The zero-order valence-electron chi connectivity index (χ0n) is 9.02. The van der Waals surface area contributed by atoms with E-state index in [4.69, 9.17) is 16.3 Å². The number of carbonyl (C=O) groups excluding carboxylic acids is 1. The largest absolute Gasteiger partial charge is 0.468 e. The van der Waals surface area contributed by atoms with Crippen molar-refractivity contribution in [3.8, 4) is 0 Å². The molecule has 0 aromatic carbocycles. The van der Waals surface area contributed by atoms with Crippen molar-refractivity contribution < 1.29 is 9.53 Å². The second-order valence-corrected chi connectivity index (χ2v) is 3.98. The monoisotopic (exact) mass is 219 g/mol. The molecule has 0 spiro atoms. The predicted octanol–water partition coefficient (Wildman–Crippen LogP) is 2.06. The molecule has 0 aliphatic carbocycles. The molecular weight excluding hydrogens is 202 g/mol. The van der Waals surface area contributed by atoms with Crippen molar-refractivity contribution in [1.82, 2.24) is 5.32 Å². The molecule has 82 valence electrons. The number of ether oxygens (including phenoxy) is 1. The molecule has 1 atom stereocenters. The number of halogens is 1. The molecule has 3 nitrogen and oxygen atoms in total.